The van der Waals surface area contributed by atoms with Crippen molar-refractivity contribution < 1.29 is 4.79 Å². The Hall–Kier alpha value is -1.22. The van der Waals surface area contributed by atoms with Crippen molar-refractivity contribution in [2.75, 3.05) is 0 Å². The summed E-state index contributed by atoms with van der Waals surface area (Å²) in [6, 6.07) is 7.73. The van der Waals surface area contributed by atoms with E-state index in [-0.39, 0.29) is 11.2 Å². The second-order valence-electron chi connectivity index (χ2n) is 5.50. The molecule has 0 radical (unpaired) electrons. The first-order chi connectivity index (χ1) is 8.30. The van der Waals surface area contributed by atoms with E-state index in [2.05, 4.69) is 41.7 Å². The van der Waals surface area contributed by atoms with Crippen molar-refractivity contribution in [2.24, 2.45) is 0 Å². The van der Waals surface area contributed by atoms with Crippen LogP contribution in [0.1, 0.15) is 43.7 Å². The van der Waals surface area contributed by atoms with E-state index in [0.29, 0.717) is 0 Å². The van der Waals surface area contributed by atoms with Crippen LogP contribution in [0.2, 0.25) is 0 Å². The monoisotopic (exact) mass is 305 g/mol. The van der Waals surface area contributed by atoms with Crippen LogP contribution in [0.4, 0.5) is 0 Å². The van der Waals surface area contributed by atoms with Crippen LogP contribution in [0.5, 0.6) is 0 Å². The molecular weight excluding hydrogens is 290 g/mol. The van der Waals surface area contributed by atoms with Gasteiger partial charge in [-0.25, -0.2) is 0 Å². The number of Topliss-reactive ketones (excluding diaryl/α,β-unsaturated/α-hetero) is 1. The molecule has 0 unspecified atom stereocenters. The summed E-state index contributed by atoms with van der Waals surface area (Å²) in [4.78, 5) is 16.5. The number of aromatic nitrogens is 1. The third-order valence-corrected chi connectivity index (χ3v) is 3.58. The first-order valence-electron chi connectivity index (χ1n) is 5.91. The van der Waals surface area contributed by atoms with Crippen LogP contribution in [0.15, 0.2) is 28.7 Å². The lowest BCUT2D eigenvalue weighted by molar-refractivity contribution is 0.101. The number of rotatable bonds is 1. The highest BCUT2D eigenvalue weighted by Crippen LogP contribution is 2.30. The van der Waals surface area contributed by atoms with Gasteiger partial charge in [0.1, 0.15) is 0 Å². The summed E-state index contributed by atoms with van der Waals surface area (Å²) in [6.45, 7) is 7.90. The van der Waals surface area contributed by atoms with Gasteiger partial charge in [0.05, 0.1) is 5.52 Å². The van der Waals surface area contributed by atoms with Gasteiger partial charge in [-0.2, -0.15) is 0 Å². The number of hydrogen-bond donors (Lipinski definition) is 0. The van der Waals surface area contributed by atoms with Crippen LogP contribution >= 0.6 is 15.9 Å². The number of para-hydroxylation sites is 1. The third-order valence-electron chi connectivity index (χ3n) is 2.94. The molecule has 0 bridgehead atoms. The minimum absolute atomic E-state index is 0.0750. The molecule has 0 aliphatic carbocycles. The lowest BCUT2D eigenvalue weighted by Gasteiger charge is -2.19. The maximum atomic E-state index is 11.8. The molecule has 0 spiro atoms. The standard InChI is InChI=1S/C15H16BrNO/c1-9(18)11-8-13(15(2,3)4)17-14-10(11)6-5-7-12(14)16/h5-8H,1-4H3. The molecule has 2 aromatic rings. The van der Waals surface area contributed by atoms with Gasteiger partial charge >= 0.3 is 0 Å². The topological polar surface area (TPSA) is 30.0 Å². The molecule has 94 valence electrons. The summed E-state index contributed by atoms with van der Waals surface area (Å²) >= 11 is 3.51. The molecule has 0 amide bonds. The SMILES string of the molecule is CC(=O)c1cc(C(C)(C)C)nc2c(Br)cccc12. The van der Waals surface area contributed by atoms with E-state index >= 15 is 0 Å². The maximum absolute atomic E-state index is 11.8. The highest BCUT2D eigenvalue weighted by molar-refractivity contribution is 9.10. The van der Waals surface area contributed by atoms with Gasteiger partial charge in [0.25, 0.3) is 0 Å². The smallest absolute Gasteiger partial charge is 0.160 e. The Morgan fingerprint density at radius 1 is 1.28 bits per heavy atom. The molecule has 1 aromatic carbocycles. The average Bonchev–Trinajstić information content (AvgIpc) is 2.27. The normalized spacial score (nSPS) is 11.8. The van der Waals surface area contributed by atoms with E-state index < -0.39 is 0 Å². The van der Waals surface area contributed by atoms with Gasteiger partial charge in [-0.3, -0.25) is 9.78 Å². The summed E-state index contributed by atoms with van der Waals surface area (Å²) in [5, 5.41) is 0.907. The molecule has 0 N–H and O–H groups in total. The average molecular weight is 306 g/mol. The number of fused-ring (bicyclic) bond motifs is 1. The maximum Gasteiger partial charge on any atom is 0.160 e. The lowest BCUT2D eigenvalue weighted by Crippen LogP contribution is -2.15. The Balaban J connectivity index is 2.88. The summed E-state index contributed by atoms with van der Waals surface area (Å²) in [5.41, 5.74) is 2.46. The zero-order valence-electron chi connectivity index (χ0n) is 11.0. The molecule has 1 aromatic heterocycles. The number of carbonyl (C=O) groups is 1. The summed E-state index contributed by atoms with van der Waals surface area (Å²) < 4.78 is 0.925. The van der Waals surface area contributed by atoms with Gasteiger partial charge in [0.15, 0.2) is 5.78 Å². The van der Waals surface area contributed by atoms with Crippen molar-refractivity contribution in [1.29, 1.82) is 0 Å². The first-order valence-corrected chi connectivity index (χ1v) is 6.70. The number of halogens is 1. The van der Waals surface area contributed by atoms with Crippen molar-refractivity contribution in [2.45, 2.75) is 33.1 Å². The molecule has 0 atom stereocenters. The number of benzene rings is 1. The number of pyridine rings is 1. The van der Waals surface area contributed by atoms with Gasteiger partial charge in [-0.1, -0.05) is 32.9 Å². The Labute approximate surface area is 116 Å². The Morgan fingerprint density at radius 3 is 2.50 bits per heavy atom. The number of ketones is 1. The van der Waals surface area contributed by atoms with E-state index in [1.165, 1.54) is 0 Å². The minimum atomic E-state index is -0.0757. The molecule has 0 fully saturated rings. The Bertz CT molecular complexity index is 626. The van der Waals surface area contributed by atoms with Crippen molar-refractivity contribution in [3.8, 4) is 0 Å². The third kappa shape index (κ3) is 2.32. The number of carbonyl (C=O) groups excluding carboxylic acids is 1. The van der Waals surface area contributed by atoms with E-state index in [1.807, 2.05) is 24.3 Å². The predicted molar refractivity (Wildman–Crippen MR) is 78.1 cm³/mol. The quantitative estimate of drug-likeness (QED) is 0.726. The Morgan fingerprint density at radius 2 is 1.94 bits per heavy atom. The molecule has 2 rings (SSSR count). The molecular formula is C15H16BrNO. The molecule has 0 saturated carbocycles. The van der Waals surface area contributed by atoms with Crippen LogP contribution in [0, 0.1) is 0 Å². The highest BCUT2D eigenvalue weighted by atomic mass is 79.9. The summed E-state index contributed by atoms with van der Waals surface area (Å²) in [6.07, 6.45) is 0. The van der Waals surface area contributed by atoms with Crippen LogP contribution in [-0.4, -0.2) is 10.8 Å². The number of hydrogen-bond acceptors (Lipinski definition) is 2. The molecule has 3 heteroatoms. The fourth-order valence-corrected chi connectivity index (χ4v) is 2.34. The summed E-state index contributed by atoms with van der Waals surface area (Å²) in [7, 11) is 0. The van der Waals surface area contributed by atoms with E-state index in [9.17, 15) is 4.79 Å². The van der Waals surface area contributed by atoms with Gasteiger partial charge in [-0.15, -0.1) is 0 Å². The second-order valence-corrected chi connectivity index (χ2v) is 6.35. The van der Waals surface area contributed by atoms with Gasteiger partial charge in [0, 0.05) is 26.5 Å². The largest absolute Gasteiger partial charge is 0.294 e. The van der Waals surface area contributed by atoms with Crippen LogP contribution in [0.25, 0.3) is 10.9 Å². The highest BCUT2D eigenvalue weighted by Gasteiger charge is 2.19. The van der Waals surface area contributed by atoms with E-state index in [1.54, 1.807) is 6.92 Å². The number of nitrogens with zero attached hydrogens (tertiary/aromatic N) is 1. The van der Waals surface area contributed by atoms with Crippen LogP contribution < -0.4 is 0 Å². The first kappa shape index (κ1) is 13.2. The Kier molecular flexibility index (Phi) is 3.28. The molecule has 2 nitrogen and oxygen atoms in total. The molecule has 0 aliphatic heterocycles. The van der Waals surface area contributed by atoms with Crippen molar-refractivity contribution in [1.82, 2.24) is 4.98 Å². The predicted octanol–water partition coefficient (Wildman–Crippen LogP) is 4.50. The van der Waals surface area contributed by atoms with Crippen molar-refractivity contribution in [3.63, 3.8) is 0 Å². The molecule has 0 saturated heterocycles. The minimum Gasteiger partial charge on any atom is -0.294 e. The van der Waals surface area contributed by atoms with Gasteiger partial charge in [-0.05, 0) is 35.0 Å². The van der Waals surface area contributed by atoms with Crippen molar-refractivity contribution >= 4 is 32.6 Å². The van der Waals surface area contributed by atoms with Crippen molar-refractivity contribution in [3.05, 3.63) is 40.0 Å². The fraction of sp³-hybridized carbons (Fsp3) is 0.333. The lowest BCUT2D eigenvalue weighted by atomic mass is 9.89. The van der Waals surface area contributed by atoms with Crippen LogP contribution in [-0.2, 0) is 5.41 Å². The summed E-state index contributed by atoms with van der Waals surface area (Å²) in [5.74, 6) is 0.0750. The van der Waals surface area contributed by atoms with E-state index in [4.69, 9.17) is 0 Å². The zero-order chi connectivity index (χ0) is 13.5. The van der Waals surface area contributed by atoms with Crippen LogP contribution in [0.3, 0.4) is 0 Å². The van der Waals surface area contributed by atoms with E-state index in [0.717, 1.165) is 26.6 Å². The molecule has 1 heterocycles. The van der Waals surface area contributed by atoms with Gasteiger partial charge < -0.3 is 0 Å². The zero-order valence-corrected chi connectivity index (χ0v) is 12.6. The molecule has 0 aliphatic rings. The molecule has 18 heavy (non-hydrogen) atoms. The van der Waals surface area contributed by atoms with Gasteiger partial charge in [0.2, 0.25) is 0 Å². The second kappa shape index (κ2) is 4.47. The fourth-order valence-electron chi connectivity index (χ4n) is 1.89.